The highest BCUT2D eigenvalue weighted by molar-refractivity contribution is 6.30. The highest BCUT2D eigenvalue weighted by atomic mass is 35.5. The molecule has 17 heavy (non-hydrogen) atoms. The zero-order chi connectivity index (χ0) is 12.4. The maximum Gasteiger partial charge on any atom is 0.137 e. The molecule has 1 saturated heterocycles. The quantitative estimate of drug-likeness (QED) is 0.755. The van der Waals surface area contributed by atoms with Gasteiger partial charge in [-0.1, -0.05) is 25.4 Å². The van der Waals surface area contributed by atoms with Crippen molar-refractivity contribution in [2.75, 3.05) is 18.0 Å². The van der Waals surface area contributed by atoms with Crippen molar-refractivity contribution in [1.29, 1.82) is 0 Å². The maximum absolute atomic E-state index is 6.20. The molecule has 3 nitrogen and oxygen atoms in total. The smallest absolute Gasteiger partial charge is 0.137 e. The first-order chi connectivity index (χ1) is 8.09. The minimum atomic E-state index is 0.316. The second-order valence-electron chi connectivity index (χ2n) is 5.02. The van der Waals surface area contributed by atoms with Gasteiger partial charge in [0.1, 0.15) is 16.8 Å². The van der Waals surface area contributed by atoms with Crippen LogP contribution in [0.2, 0.25) is 5.15 Å². The van der Waals surface area contributed by atoms with Gasteiger partial charge in [-0.3, -0.25) is 0 Å². The Hall–Kier alpha value is -0.830. The summed E-state index contributed by atoms with van der Waals surface area (Å²) in [5.74, 6) is 2.20. The number of rotatable bonds is 2. The first kappa shape index (κ1) is 12.6. The van der Waals surface area contributed by atoms with Crippen LogP contribution < -0.4 is 4.90 Å². The third-order valence-electron chi connectivity index (χ3n) is 3.25. The molecule has 1 aromatic heterocycles. The van der Waals surface area contributed by atoms with E-state index in [1.807, 2.05) is 6.92 Å². The predicted octanol–water partition coefficient (Wildman–Crippen LogP) is 3.55. The highest BCUT2D eigenvalue weighted by Gasteiger charge is 2.18. The number of nitrogens with zero attached hydrogens (tertiary/aromatic N) is 3. The van der Waals surface area contributed by atoms with Gasteiger partial charge in [-0.05, 0) is 26.2 Å². The summed E-state index contributed by atoms with van der Waals surface area (Å²) in [7, 11) is 0. The average molecular weight is 254 g/mol. The van der Waals surface area contributed by atoms with Crippen molar-refractivity contribution >= 4 is 17.4 Å². The van der Waals surface area contributed by atoms with Crippen molar-refractivity contribution in [3.63, 3.8) is 0 Å². The summed E-state index contributed by atoms with van der Waals surface area (Å²) >= 11 is 6.20. The van der Waals surface area contributed by atoms with E-state index in [1.54, 1.807) is 0 Å². The zero-order valence-electron chi connectivity index (χ0n) is 10.8. The van der Waals surface area contributed by atoms with Gasteiger partial charge in [0.05, 0.1) is 0 Å². The third kappa shape index (κ3) is 2.71. The lowest BCUT2D eigenvalue weighted by molar-refractivity contribution is 0.570. The molecule has 94 valence electrons. The van der Waals surface area contributed by atoms with Crippen LogP contribution in [0.4, 0.5) is 5.82 Å². The molecule has 0 aliphatic carbocycles. The number of piperidine rings is 1. The summed E-state index contributed by atoms with van der Waals surface area (Å²) in [5, 5.41) is 0.601. The van der Waals surface area contributed by atoms with Crippen LogP contribution >= 0.6 is 11.6 Å². The Morgan fingerprint density at radius 3 is 2.35 bits per heavy atom. The second-order valence-corrected chi connectivity index (χ2v) is 5.38. The molecule has 0 N–H and O–H groups in total. The van der Waals surface area contributed by atoms with Crippen LogP contribution in [-0.2, 0) is 0 Å². The Bertz CT molecular complexity index is 398. The van der Waals surface area contributed by atoms with E-state index in [-0.39, 0.29) is 0 Å². The lowest BCUT2D eigenvalue weighted by Gasteiger charge is -2.29. The fraction of sp³-hybridized carbons (Fsp3) is 0.692. The van der Waals surface area contributed by atoms with Gasteiger partial charge in [0.2, 0.25) is 0 Å². The van der Waals surface area contributed by atoms with Crippen molar-refractivity contribution in [1.82, 2.24) is 9.97 Å². The van der Waals surface area contributed by atoms with Crippen molar-refractivity contribution in [2.24, 2.45) is 0 Å². The van der Waals surface area contributed by atoms with Gasteiger partial charge in [0.25, 0.3) is 0 Å². The van der Waals surface area contributed by atoms with E-state index in [0.29, 0.717) is 11.1 Å². The van der Waals surface area contributed by atoms with Gasteiger partial charge in [-0.15, -0.1) is 0 Å². The van der Waals surface area contributed by atoms with E-state index >= 15 is 0 Å². The lowest BCUT2D eigenvalue weighted by atomic mass is 10.1. The molecule has 0 bridgehead atoms. The monoisotopic (exact) mass is 253 g/mol. The first-order valence-electron chi connectivity index (χ1n) is 6.38. The van der Waals surface area contributed by atoms with Crippen molar-refractivity contribution < 1.29 is 0 Å². The van der Waals surface area contributed by atoms with Gasteiger partial charge < -0.3 is 4.90 Å². The van der Waals surface area contributed by atoms with Crippen molar-refractivity contribution in [3.8, 4) is 0 Å². The van der Waals surface area contributed by atoms with E-state index in [2.05, 4.69) is 28.7 Å². The summed E-state index contributed by atoms with van der Waals surface area (Å²) in [6, 6.07) is 0. The summed E-state index contributed by atoms with van der Waals surface area (Å²) in [6.07, 6.45) is 3.82. The first-order valence-corrected chi connectivity index (χ1v) is 6.76. The summed E-state index contributed by atoms with van der Waals surface area (Å²) in [6.45, 7) is 8.38. The Morgan fingerprint density at radius 2 is 1.76 bits per heavy atom. The highest BCUT2D eigenvalue weighted by Crippen LogP contribution is 2.27. The van der Waals surface area contributed by atoms with Crippen LogP contribution in [0.25, 0.3) is 0 Å². The van der Waals surface area contributed by atoms with Crippen molar-refractivity contribution in [3.05, 3.63) is 16.5 Å². The molecule has 0 unspecified atom stereocenters. The molecule has 1 fully saturated rings. The average Bonchev–Trinajstić information content (AvgIpc) is 2.33. The number of hydrogen-bond donors (Lipinski definition) is 0. The summed E-state index contributed by atoms with van der Waals surface area (Å²) < 4.78 is 0. The molecular formula is C13H20ClN3. The molecule has 0 amide bonds. The van der Waals surface area contributed by atoms with E-state index in [9.17, 15) is 0 Å². The summed E-state index contributed by atoms with van der Waals surface area (Å²) in [5.41, 5.74) is 1.01. The number of halogens is 1. The van der Waals surface area contributed by atoms with Gasteiger partial charge in [0.15, 0.2) is 0 Å². The van der Waals surface area contributed by atoms with Crippen LogP contribution in [0, 0.1) is 6.92 Å². The van der Waals surface area contributed by atoms with Gasteiger partial charge >= 0.3 is 0 Å². The summed E-state index contributed by atoms with van der Waals surface area (Å²) in [4.78, 5) is 11.4. The molecule has 0 radical (unpaired) electrons. The van der Waals surface area contributed by atoms with Crippen LogP contribution in [0.5, 0.6) is 0 Å². The molecule has 2 heterocycles. The molecular weight excluding hydrogens is 234 g/mol. The van der Waals surface area contributed by atoms with E-state index in [0.717, 1.165) is 30.3 Å². The zero-order valence-corrected chi connectivity index (χ0v) is 11.6. The van der Waals surface area contributed by atoms with Crippen LogP contribution in [0.15, 0.2) is 0 Å². The van der Waals surface area contributed by atoms with Crippen molar-refractivity contribution in [2.45, 2.75) is 46.0 Å². The van der Waals surface area contributed by atoms with E-state index in [4.69, 9.17) is 11.6 Å². The molecule has 0 saturated carbocycles. The van der Waals surface area contributed by atoms with Crippen LogP contribution in [0.3, 0.4) is 0 Å². The minimum absolute atomic E-state index is 0.316. The molecule has 1 aliphatic rings. The molecule has 0 aromatic carbocycles. The second kappa shape index (κ2) is 5.21. The Kier molecular flexibility index (Phi) is 3.87. The van der Waals surface area contributed by atoms with Crippen LogP contribution in [-0.4, -0.2) is 23.1 Å². The van der Waals surface area contributed by atoms with Gasteiger partial charge in [-0.25, -0.2) is 9.97 Å². The van der Waals surface area contributed by atoms with Crippen LogP contribution in [0.1, 0.15) is 50.4 Å². The standard InChI is InChI=1S/C13H20ClN3/c1-9(2)12-15-11(14)10(3)13(16-12)17-7-5-4-6-8-17/h9H,4-8H2,1-3H3. The minimum Gasteiger partial charge on any atom is -0.356 e. The number of anilines is 1. The molecule has 0 spiro atoms. The third-order valence-corrected chi connectivity index (χ3v) is 3.62. The molecule has 0 atom stereocenters. The molecule has 2 rings (SSSR count). The van der Waals surface area contributed by atoms with E-state index in [1.165, 1.54) is 19.3 Å². The predicted molar refractivity (Wildman–Crippen MR) is 71.9 cm³/mol. The van der Waals surface area contributed by atoms with Gasteiger partial charge in [0, 0.05) is 24.6 Å². The normalized spacial score (nSPS) is 16.6. The maximum atomic E-state index is 6.20. The largest absolute Gasteiger partial charge is 0.356 e. The fourth-order valence-electron chi connectivity index (χ4n) is 2.17. The topological polar surface area (TPSA) is 29.0 Å². The molecule has 1 aromatic rings. The Labute approximate surface area is 108 Å². The lowest BCUT2D eigenvalue weighted by Crippen LogP contribution is -2.31. The number of aromatic nitrogens is 2. The fourth-order valence-corrected chi connectivity index (χ4v) is 2.34. The van der Waals surface area contributed by atoms with E-state index < -0.39 is 0 Å². The Morgan fingerprint density at radius 1 is 1.12 bits per heavy atom. The SMILES string of the molecule is Cc1c(Cl)nc(C(C)C)nc1N1CCCCC1. The molecule has 4 heteroatoms. The Balaban J connectivity index is 2.36. The van der Waals surface area contributed by atoms with Gasteiger partial charge in [-0.2, -0.15) is 0 Å². The number of hydrogen-bond acceptors (Lipinski definition) is 3. The molecule has 1 aliphatic heterocycles.